The number of hydrogen-bond acceptors (Lipinski definition) is 3. The number of Topliss-reactive ketones (excluding diaryl/α,β-unsaturated/α-hetero) is 1. The van der Waals surface area contributed by atoms with Gasteiger partial charge in [0.25, 0.3) is 0 Å². The summed E-state index contributed by atoms with van der Waals surface area (Å²) < 4.78 is 26.3. The molecule has 1 aliphatic heterocycles. The SMILES string of the molecule is CC(=O)C1CCN(S(=O)(=O)c2ccc(Cl)c(Cl)c2)CC1. The number of piperidine rings is 1. The van der Waals surface area contributed by atoms with Crippen molar-refractivity contribution in [2.24, 2.45) is 5.92 Å². The molecule has 4 nitrogen and oxygen atoms in total. The Morgan fingerprint density at radius 2 is 1.80 bits per heavy atom. The number of nitrogens with zero attached hydrogens (tertiary/aromatic N) is 1. The largest absolute Gasteiger partial charge is 0.300 e. The van der Waals surface area contributed by atoms with E-state index in [2.05, 4.69) is 0 Å². The Morgan fingerprint density at radius 3 is 2.30 bits per heavy atom. The smallest absolute Gasteiger partial charge is 0.243 e. The fraction of sp³-hybridized carbons (Fsp3) is 0.462. The van der Waals surface area contributed by atoms with Crippen LogP contribution in [0.1, 0.15) is 19.8 Å². The van der Waals surface area contributed by atoms with Crippen molar-refractivity contribution in [2.45, 2.75) is 24.7 Å². The van der Waals surface area contributed by atoms with E-state index in [1.54, 1.807) is 6.92 Å². The Bertz CT molecular complexity index is 623. The third kappa shape index (κ3) is 3.17. The van der Waals surface area contributed by atoms with E-state index in [0.717, 1.165) is 0 Å². The van der Waals surface area contributed by atoms with Crippen LogP contribution in [0.4, 0.5) is 0 Å². The number of carbonyl (C=O) groups is 1. The molecule has 110 valence electrons. The van der Waals surface area contributed by atoms with Gasteiger partial charge in [0.15, 0.2) is 0 Å². The van der Waals surface area contributed by atoms with Crippen molar-refractivity contribution in [1.82, 2.24) is 4.31 Å². The second-order valence-electron chi connectivity index (χ2n) is 4.86. The molecule has 0 aliphatic carbocycles. The Labute approximate surface area is 128 Å². The molecule has 0 radical (unpaired) electrons. The average molecular weight is 336 g/mol. The number of benzene rings is 1. The van der Waals surface area contributed by atoms with Gasteiger partial charge in [0.1, 0.15) is 5.78 Å². The Kier molecular flexibility index (Phi) is 4.74. The molecule has 0 spiro atoms. The molecule has 0 bridgehead atoms. The lowest BCUT2D eigenvalue weighted by molar-refractivity contribution is -0.121. The highest BCUT2D eigenvalue weighted by Gasteiger charge is 2.31. The van der Waals surface area contributed by atoms with E-state index in [4.69, 9.17) is 23.2 Å². The normalized spacial score (nSPS) is 18.1. The number of rotatable bonds is 3. The highest BCUT2D eigenvalue weighted by atomic mass is 35.5. The van der Waals surface area contributed by atoms with Gasteiger partial charge in [-0.05, 0) is 38.0 Å². The molecule has 0 aromatic heterocycles. The summed E-state index contributed by atoms with van der Waals surface area (Å²) in [6.45, 7) is 2.26. The van der Waals surface area contributed by atoms with Gasteiger partial charge in [-0.15, -0.1) is 0 Å². The van der Waals surface area contributed by atoms with E-state index < -0.39 is 10.0 Å². The summed E-state index contributed by atoms with van der Waals surface area (Å²) in [7, 11) is -3.57. The van der Waals surface area contributed by atoms with Gasteiger partial charge in [0, 0.05) is 19.0 Å². The van der Waals surface area contributed by atoms with E-state index in [1.807, 2.05) is 0 Å². The molecule has 1 saturated heterocycles. The minimum atomic E-state index is -3.57. The van der Waals surface area contributed by atoms with Crippen LogP contribution in [0.2, 0.25) is 10.0 Å². The maximum atomic E-state index is 12.5. The highest BCUT2D eigenvalue weighted by molar-refractivity contribution is 7.89. The van der Waals surface area contributed by atoms with Gasteiger partial charge in [-0.2, -0.15) is 4.31 Å². The van der Waals surface area contributed by atoms with Gasteiger partial charge < -0.3 is 0 Å². The highest BCUT2D eigenvalue weighted by Crippen LogP contribution is 2.28. The Hall–Kier alpha value is -0.620. The molecule has 0 N–H and O–H groups in total. The summed E-state index contributed by atoms with van der Waals surface area (Å²) >= 11 is 11.7. The average Bonchev–Trinajstić information content (AvgIpc) is 2.41. The summed E-state index contributed by atoms with van der Waals surface area (Å²) in [4.78, 5) is 11.4. The number of ketones is 1. The quantitative estimate of drug-likeness (QED) is 0.853. The molecule has 0 unspecified atom stereocenters. The standard InChI is InChI=1S/C13H15Cl2NO3S/c1-9(17)10-4-6-16(7-5-10)20(18,19)11-2-3-12(14)13(15)8-11/h2-3,8,10H,4-7H2,1H3. The van der Waals surface area contributed by atoms with Crippen LogP contribution < -0.4 is 0 Å². The first-order valence-electron chi connectivity index (χ1n) is 6.28. The minimum Gasteiger partial charge on any atom is -0.300 e. The predicted molar refractivity (Wildman–Crippen MR) is 78.6 cm³/mol. The molecule has 0 saturated carbocycles. The molecule has 0 atom stereocenters. The second kappa shape index (κ2) is 6.02. The minimum absolute atomic E-state index is 0.0322. The van der Waals surface area contributed by atoms with Crippen molar-refractivity contribution < 1.29 is 13.2 Å². The van der Waals surface area contributed by atoms with Crippen molar-refractivity contribution >= 4 is 39.0 Å². The Morgan fingerprint density at radius 1 is 1.20 bits per heavy atom. The molecule has 1 aliphatic rings. The number of hydrogen-bond donors (Lipinski definition) is 0. The van der Waals surface area contributed by atoms with Gasteiger partial charge in [-0.25, -0.2) is 8.42 Å². The first-order chi connectivity index (χ1) is 9.32. The van der Waals surface area contributed by atoms with Gasteiger partial charge >= 0.3 is 0 Å². The fourth-order valence-corrected chi connectivity index (χ4v) is 4.15. The van der Waals surface area contributed by atoms with Crippen LogP contribution in [0.25, 0.3) is 0 Å². The van der Waals surface area contributed by atoms with Crippen molar-refractivity contribution in [3.05, 3.63) is 28.2 Å². The van der Waals surface area contributed by atoms with Crippen LogP contribution in [0.5, 0.6) is 0 Å². The molecule has 1 aromatic carbocycles. The third-order valence-corrected chi connectivity index (χ3v) is 6.19. The zero-order chi connectivity index (χ0) is 14.9. The maximum Gasteiger partial charge on any atom is 0.243 e. The molecule has 1 fully saturated rings. The lowest BCUT2D eigenvalue weighted by atomic mass is 9.95. The molecule has 0 amide bonds. The lowest BCUT2D eigenvalue weighted by Crippen LogP contribution is -2.39. The fourth-order valence-electron chi connectivity index (χ4n) is 2.29. The summed E-state index contributed by atoms with van der Waals surface area (Å²) in [6.07, 6.45) is 1.13. The maximum absolute atomic E-state index is 12.5. The number of sulfonamides is 1. The summed E-state index contributed by atoms with van der Waals surface area (Å²) in [5.74, 6) is 0.0897. The molecular weight excluding hydrogens is 321 g/mol. The Balaban J connectivity index is 2.19. The lowest BCUT2D eigenvalue weighted by Gasteiger charge is -2.30. The van der Waals surface area contributed by atoms with Crippen LogP contribution in [-0.4, -0.2) is 31.6 Å². The molecule has 1 aromatic rings. The summed E-state index contributed by atoms with van der Waals surface area (Å²) in [5.41, 5.74) is 0. The van der Waals surface area contributed by atoms with Gasteiger partial charge in [-0.3, -0.25) is 4.79 Å². The predicted octanol–water partition coefficient (Wildman–Crippen LogP) is 2.98. The van der Waals surface area contributed by atoms with Crippen LogP contribution in [0, 0.1) is 5.92 Å². The van der Waals surface area contributed by atoms with E-state index in [9.17, 15) is 13.2 Å². The van der Waals surface area contributed by atoms with Crippen LogP contribution in [0.15, 0.2) is 23.1 Å². The summed E-state index contributed by atoms with van der Waals surface area (Å²) in [5, 5.41) is 0.535. The molecule has 7 heteroatoms. The second-order valence-corrected chi connectivity index (χ2v) is 7.62. The molecule has 2 rings (SSSR count). The van der Waals surface area contributed by atoms with Crippen LogP contribution >= 0.6 is 23.2 Å². The van der Waals surface area contributed by atoms with E-state index in [-0.39, 0.29) is 21.6 Å². The first kappa shape index (κ1) is 15.8. The zero-order valence-electron chi connectivity index (χ0n) is 11.0. The molecule has 20 heavy (non-hydrogen) atoms. The topological polar surface area (TPSA) is 54.5 Å². The monoisotopic (exact) mass is 335 g/mol. The van der Waals surface area contributed by atoms with E-state index in [0.29, 0.717) is 31.0 Å². The summed E-state index contributed by atoms with van der Waals surface area (Å²) in [6, 6.07) is 4.27. The van der Waals surface area contributed by atoms with Crippen molar-refractivity contribution in [1.29, 1.82) is 0 Å². The number of halogens is 2. The molecule has 1 heterocycles. The van der Waals surface area contributed by atoms with Gasteiger partial charge in [0.2, 0.25) is 10.0 Å². The van der Waals surface area contributed by atoms with Crippen molar-refractivity contribution in [3.8, 4) is 0 Å². The van der Waals surface area contributed by atoms with Gasteiger partial charge in [0.05, 0.1) is 14.9 Å². The van der Waals surface area contributed by atoms with E-state index in [1.165, 1.54) is 22.5 Å². The van der Waals surface area contributed by atoms with Crippen molar-refractivity contribution in [2.75, 3.05) is 13.1 Å². The van der Waals surface area contributed by atoms with Crippen LogP contribution in [0.3, 0.4) is 0 Å². The zero-order valence-corrected chi connectivity index (χ0v) is 13.3. The first-order valence-corrected chi connectivity index (χ1v) is 8.47. The van der Waals surface area contributed by atoms with E-state index >= 15 is 0 Å². The number of carbonyl (C=O) groups excluding carboxylic acids is 1. The van der Waals surface area contributed by atoms with Crippen LogP contribution in [-0.2, 0) is 14.8 Å². The third-order valence-electron chi connectivity index (χ3n) is 3.56. The van der Waals surface area contributed by atoms with Gasteiger partial charge in [-0.1, -0.05) is 23.2 Å². The molecular formula is C13H15Cl2NO3S. The van der Waals surface area contributed by atoms with Crippen molar-refractivity contribution in [3.63, 3.8) is 0 Å².